The van der Waals surface area contributed by atoms with Crippen molar-refractivity contribution < 1.29 is 28.4 Å². The number of urea groups is 1. The molecule has 156 valence electrons. The summed E-state index contributed by atoms with van der Waals surface area (Å²) in [6, 6.07) is 10.0. The van der Waals surface area contributed by atoms with E-state index in [1.54, 1.807) is 19.1 Å². The van der Waals surface area contributed by atoms with Gasteiger partial charge in [0.25, 0.3) is 11.8 Å². The van der Waals surface area contributed by atoms with Crippen molar-refractivity contribution in [1.29, 1.82) is 0 Å². The Morgan fingerprint density at radius 2 is 1.63 bits per heavy atom. The highest BCUT2D eigenvalue weighted by atomic mass is 19.1. The maximum Gasteiger partial charge on any atom is 0.355 e. The summed E-state index contributed by atoms with van der Waals surface area (Å²) in [4.78, 5) is 54.4. The number of carbonyl (C=O) groups excluding carboxylic acids is 4. The summed E-state index contributed by atoms with van der Waals surface area (Å²) >= 11 is 0. The molecule has 4 amide bonds. The quantitative estimate of drug-likeness (QED) is 0.679. The number of hydrogen-bond donors (Lipinski definition) is 2. The molecule has 0 spiro atoms. The number of fused-ring (bicyclic) bond motifs is 1. The molecule has 0 bridgehead atoms. The highest BCUT2D eigenvalue weighted by Gasteiger charge is 2.39. The van der Waals surface area contributed by atoms with Crippen LogP contribution < -0.4 is 10.6 Å². The molecule has 0 saturated carbocycles. The summed E-state index contributed by atoms with van der Waals surface area (Å²) in [5.74, 6) is -2.79. The molecule has 1 aliphatic heterocycles. The third kappa shape index (κ3) is 4.62. The number of halogens is 1. The van der Waals surface area contributed by atoms with Crippen molar-refractivity contribution in [2.24, 2.45) is 0 Å². The Hall–Kier alpha value is -3.75. The number of amides is 4. The van der Waals surface area contributed by atoms with Crippen LogP contribution in [0.4, 0.5) is 9.18 Å². The molecule has 0 saturated heterocycles. The van der Waals surface area contributed by atoms with E-state index >= 15 is 0 Å². The molecule has 1 aliphatic rings. The minimum atomic E-state index is -1.06. The lowest BCUT2D eigenvalue weighted by molar-refractivity contribution is -0.171. The van der Waals surface area contributed by atoms with E-state index in [0.717, 1.165) is 0 Å². The first-order valence-corrected chi connectivity index (χ1v) is 9.39. The molecule has 0 aromatic heterocycles. The van der Waals surface area contributed by atoms with Crippen LogP contribution in [-0.2, 0) is 16.2 Å². The molecule has 3 rings (SSSR count). The number of hydroxylamine groups is 2. The molecular weight excluding hydrogens is 393 g/mol. The standard InChI is InChI=1S/C21H20FN3O5/c1-2-5-17(24-21(29)23-12-13-8-10-14(22)11-9-13)20(28)30-25-18(26)15-6-3-4-7-16(15)19(25)27/h3-4,6-11,17H,2,5,12H2,1H3,(H2,23,24,29). The van der Waals surface area contributed by atoms with Crippen molar-refractivity contribution in [1.82, 2.24) is 15.7 Å². The van der Waals surface area contributed by atoms with Gasteiger partial charge in [-0.2, -0.15) is 0 Å². The molecule has 30 heavy (non-hydrogen) atoms. The van der Waals surface area contributed by atoms with Gasteiger partial charge in [-0.05, 0) is 36.2 Å². The summed E-state index contributed by atoms with van der Waals surface area (Å²) in [6.45, 7) is 1.93. The van der Waals surface area contributed by atoms with Crippen molar-refractivity contribution in [3.63, 3.8) is 0 Å². The predicted molar refractivity (Wildman–Crippen MR) is 104 cm³/mol. The van der Waals surface area contributed by atoms with Crippen molar-refractivity contribution in [3.05, 3.63) is 71.0 Å². The second-order valence-electron chi connectivity index (χ2n) is 6.66. The monoisotopic (exact) mass is 413 g/mol. The van der Waals surface area contributed by atoms with Gasteiger partial charge in [0.05, 0.1) is 11.1 Å². The molecule has 9 heteroatoms. The van der Waals surface area contributed by atoms with E-state index in [-0.39, 0.29) is 29.9 Å². The van der Waals surface area contributed by atoms with Gasteiger partial charge in [0.1, 0.15) is 11.9 Å². The second-order valence-corrected chi connectivity index (χ2v) is 6.66. The Labute approximate surface area is 172 Å². The lowest BCUT2D eigenvalue weighted by Crippen LogP contribution is -2.48. The highest BCUT2D eigenvalue weighted by molar-refractivity contribution is 6.20. The first-order valence-electron chi connectivity index (χ1n) is 9.39. The topological polar surface area (TPSA) is 105 Å². The molecule has 2 N–H and O–H groups in total. The summed E-state index contributed by atoms with van der Waals surface area (Å²) < 4.78 is 12.9. The van der Waals surface area contributed by atoms with E-state index in [4.69, 9.17) is 4.84 Å². The molecule has 0 fully saturated rings. The number of rotatable bonds is 7. The number of nitrogens with zero attached hydrogens (tertiary/aromatic N) is 1. The van der Waals surface area contributed by atoms with Gasteiger partial charge in [0.2, 0.25) is 0 Å². The van der Waals surface area contributed by atoms with Gasteiger partial charge < -0.3 is 15.5 Å². The maximum atomic E-state index is 12.9. The van der Waals surface area contributed by atoms with Gasteiger partial charge in [-0.3, -0.25) is 9.59 Å². The molecule has 8 nitrogen and oxygen atoms in total. The normalized spacial score (nSPS) is 13.6. The Morgan fingerprint density at radius 1 is 1.03 bits per heavy atom. The minimum absolute atomic E-state index is 0.123. The lowest BCUT2D eigenvalue weighted by Gasteiger charge is -2.20. The van der Waals surface area contributed by atoms with Crippen LogP contribution in [0.3, 0.4) is 0 Å². The average molecular weight is 413 g/mol. The molecule has 2 aromatic rings. The third-order valence-electron chi connectivity index (χ3n) is 4.47. The van der Waals surface area contributed by atoms with Gasteiger partial charge >= 0.3 is 12.0 Å². The van der Waals surface area contributed by atoms with Gasteiger partial charge in [-0.1, -0.05) is 42.7 Å². The van der Waals surface area contributed by atoms with E-state index in [9.17, 15) is 23.6 Å². The summed E-state index contributed by atoms with van der Waals surface area (Å²) in [7, 11) is 0. The first-order chi connectivity index (χ1) is 14.4. The number of nitrogens with one attached hydrogen (secondary N) is 2. The van der Waals surface area contributed by atoms with Crippen LogP contribution in [0.2, 0.25) is 0 Å². The highest BCUT2D eigenvalue weighted by Crippen LogP contribution is 2.23. The Bertz CT molecular complexity index is 942. The smallest absolute Gasteiger partial charge is 0.334 e. The zero-order valence-corrected chi connectivity index (χ0v) is 16.2. The fourth-order valence-electron chi connectivity index (χ4n) is 2.94. The molecule has 2 aromatic carbocycles. The van der Waals surface area contributed by atoms with E-state index < -0.39 is 29.9 Å². The van der Waals surface area contributed by atoms with Crippen molar-refractivity contribution in [3.8, 4) is 0 Å². The number of imide groups is 1. The van der Waals surface area contributed by atoms with Gasteiger partial charge in [-0.15, -0.1) is 0 Å². The third-order valence-corrected chi connectivity index (χ3v) is 4.47. The molecule has 0 aliphatic carbocycles. The number of benzene rings is 2. The molecular formula is C21H20FN3O5. The van der Waals surface area contributed by atoms with Crippen LogP contribution in [0.1, 0.15) is 46.0 Å². The molecule has 1 unspecified atom stereocenters. The van der Waals surface area contributed by atoms with E-state index in [0.29, 0.717) is 17.0 Å². The molecule has 0 radical (unpaired) electrons. The molecule has 1 heterocycles. The van der Waals surface area contributed by atoms with Gasteiger partial charge in [-0.25, -0.2) is 14.0 Å². The van der Waals surface area contributed by atoms with Crippen LogP contribution in [0, 0.1) is 5.82 Å². The van der Waals surface area contributed by atoms with Gasteiger partial charge in [0, 0.05) is 6.54 Å². The fraction of sp³-hybridized carbons (Fsp3) is 0.238. The minimum Gasteiger partial charge on any atom is -0.334 e. The van der Waals surface area contributed by atoms with Crippen LogP contribution >= 0.6 is 0 Å². The SMILES string of the molecule is CCCC(NC(=O)NCc1ccc(F)cc1)C(=O)ON1C(=O)c2ccccc2C1=O. The van der Waals surface area contributed by atoms with E-state index in [2.05, 4.69) is 10.6 Å². The lowest BCUT2D eigenvalue weighted by atomic mass is 10.1. The van der Waals surface area contributed by atoms with Crippen LogP contribution in [0.15, 0.2) is 48.5 Å². The fourth-order valence-corrected chi connectivity index (χ4v) is 2.94. The Morgan fingerprint density at radius 3 is 2.20 bits per heavy atom. The summed E-state index contributed by atoms with van der Waals surface area (Å²) in [5.41, 5.74) is 0.965. The van der Waals surface area contributed by atoms with E-state index in [1.165, 1.54) is 36.4 Å². The maximum absolute atomic E-state index is 12.9. The zero-order valence-electron chi connectivity index (χ0n) is 16.2. The van der Waals surface area contributed by atoms with Crippen molar-refractivity contribution in [2.75, 3.05) is 0 Å². The Balaban J connectivity index is 1.59. The summed E-state index contributed by atoms with van der Waals surface area (Å²) in [6.07, 6.45) is 0.784. The van der Waals surface area contributed by atoms with Crippen LogP contribution in [0.5, 0.6) is 0 Å². The number of carbonyl (C=O) groups is 4. The van der Waals surface area contributed by atoms with Gasteiger partial charge in [0.15, 0.2) is 0 Å². The molecule has 1 atom stereocenters. The second kappa shape index (κ2) is 9.17. The largest absolute Gasteiger partial charge is 0.355 e. The zero-order chi connectivity index (χ0) is 21.7. The average Bonchev–Trinajstić information content (AvgIpc) is 2.98. The van der Waals surface area contributed by atoms with Crippen molar-refractivity contribution in [2.45, 2.75) is 32.4 Å². The predicted octanol–water partition coefficient (Wildman–Crippen LogP) is 2.55. The first kappa shape index (κ1) is 21.0. The Kier molecular flexibility index (Phi) is 6.41. The van der Waals surface area contributed by atoms with Crippen LogP contribution in [0.25, 0.3) is 0 Å². The number of hydrogen-bond acceptors (Lipinski definition) is 5. The van der Waals surface area contributed by atoms with Crippen molar-refractivity contribution >= 4 is 23.8 Å². The van der Waals surface area contributed by atoms with Crippen LogP contribution in [-0.4, -0.2) is 34.9 Å². The van der Waals surface area contributed by atoms with E-state index in [1.807, 2.05) is 0 Å². The summed E-state index contributed by atoms with van der Waals surface area (Å²) in [5, 5.41) is 5.45.